The molecular formula is C9H15BrF3N. The summed E-state index contributed by atoms with van der Waals surface area (Å²) in [6.45, 7) is 5.76. The fraction of sp³-hybridized carbons (Fsp3) is 1.00. The summed E-state index contributed by atoms with van der Waals surface area (Å²) in [6.07, 6.45) is -3.16. The van der Waals surface area contributed by atoms with Crippen LogP contribution in [0.15, 0.2) is 0 Å². The Morgan fingerprint density at radius 2 is 2.00 bits per heavy atom. The second-order valence-electron chi connectivity index (χ2n) is 4.66. The van der Waals surface area contributed by atoms with Crippen LogP contribution in [-0.4, -0.2) is 35.5 Å². The number of rotatable bonds is 2. The maximum absolute atomic E-state index is 12.2. The molecule has 0 aromatic rings. The van der Waals surface area contributed by atoms with Crippen molar-refractivity contribution in [3.05, 3.63) is 0 Å². The van der Waals surface area contributed by atoms with Crippen LogP contribution >= 0.6 is 15.9 Å². The molecule has 0 amide bonds. The minimum Gasteiger partial charge on any atom is -0.301 e. The molecule has 1 aliphatic heterocycles. The highest BCUT2D eigenvalue weighted by Gasteiger charge is 2.40. The van der Waals surface area contributed by atoms with Gasteiger partial charge in [0.2, 0.25) is 0 Å². The zero-order valence-corrected chi connectivity index (χ0v) is 9.95. The zero-order valence-electron chi connectivity index (χ0n) is 8.36. The maximum Gasteiger partial charge on any atom is 0.402 e. The Labute approximate surface area is 90.8 Å². The predicted octanol–water partition coefficient (Wildman–Crippen LogP) is 3.04. The van der Waals surface area contributed by atoms with Crippen LogP contribution in [-0.2, 0) is 0 Å². The Balaban J connectivity index is 2.40. The van der Waals surface area contributed by atoms with Gasteiger partial charge >= 0.3 is 6.18 Å². The summed E-state index contributed by atoms with van der Waals surface area (Å²) in [7, 11) is 0. The van der Waals surface area contributed by atoms with Crippen molar-refractivity contribution in [3.8, 4) is 0 Å². The minimum absolute atomic E-state index is 0.0624. The molecule has 0 aromatic carbocycles. The SMILES string of the molecule is CC1(C)CCN(CC(Br)C(F)(F)F)C1. The first-order valence-electron chi connectivity index (χ1n) is 4.64. The lowest BCUT2D eigenvalue weighted by atomic mass is 9.93. The fourth-order valence-corrected chi connectivity index (χ4v) is 2.12. The highest BCUT2D eigenvalue weighted by molar-refractivity contribution is 9.09. The molecule has 0 spiro atoms. The van der Waals surface area contributed by atoms with Crippen molar-refractivity contribution in [3.63, 3.8) is 0 Å². The van der Waals surface area contributed by atoms with Gasteiger partial charge in [0.25, 0.3) is 0 Å². The molecule has 1 unspecified atom stereocenters. The lowest BCUT2D eigenvalue weighted by Crippen LogP contribution is -2.36. The number of likely N-dealkylation sites (tertiary alicyclic amines) is 1. The standard InChI is InChI=1S/C9H15BrF3N/c1-8(2)3-4-14(6-8)5-7(10)9(11,12)13/h7H,3-6H2,1-2H3. The Hall–Kier alpha value is 0.230. The first-order chi connectivity index (χ1) is 6.21. The van der Waals surface area contributed by atoms with E-state index in [0.717, 1.165) is 19.5 Å². The summed E-state index contributed by atoms with van der Waals surface area (Å²) in [5, 5.41) is 0. The van der Waals surface area contributed by atoms with E-state index in [2.05, 4.69) is 29.8 Å². The molecule has 0 saturated carbocycles. The Bertz CT molecular complexity index is 203. The van der Waals surface area contributed by atoms with E-state index < -0.39 is 11.0 Å². The van der Waals surface area contributed by atoms with E-state index >= 15 is 0 Å². The number of alkyl halides is 4. The third-order valence-corrected chi connectivity index (χ3v) is 3.34. The molecule has 1 atom stereocenters. The van der Waals surface area contributed by atoms with Crippen molar-refractivity contribution < 1.29 is 13.2 Å². The first kappa shape index (κ1) is 12.3. The summed E-state index contributed by atoms with van der Waals surface area (Å²) in [5.41, 5.74) is 0.165. The van der Waals surface area contributed by atoms with Crippen LogP contribution in [0.1, 0.15) is 20.3 Å². The van der Waals surface area contributed by atoms with Crippen LogP contribution in [0.5, 0.6) is 0 Å². The fourth-order valence-electron chi connectivity index (χ4n) is 1.71. The molecule has 1 saturated heterocycles. The van der Waals surface area contributed by atoms with Crippen molar-refractivity contribution in [2.45, 2.75) is 31.3 Å². The minimum atomic E-state index is -4.13. The number of nitrogens with zero attached hydrogens (tertiary/aromatic N) is 1. The molecule has 5 heteroatoms. The highest BCUT2D eigenvalue weighted by atomic mass is 79.9. The van der Waals surface area contributed by atoms with Crippen molar-refractivity contribution >= 4 is 15.9 Å². The van der Waals surface area contributed by atoms with E-state index in [9.17, 15) is 13.2 Å². The van der Waals surface area contributed by atoms with Crippen LogP contribution in [0.25, 0.3) is 0 Å². The van der Waals surface area contributed by atoms with Gasteiger partial charge in [-0.3, -0.25) is 0 Å². The van der Waals surface area contributed by atoms with Gasteiger partial charge in [0, 0.05) is 13.1 Å². The van der Waals surface area contributed by atoms with Gasteiger partial charge in [-0.2, -0.15) is 13.2 Å². The van der Waals surface area contributed by atoms with E-state index in [1.807, 2.05) is 4.90 Å². The van der Waals surface area contributed by atoms with Crippen LogP contribution < -0.4 is 0 Å². The number of halogens is 4. The number of hydrogen-bond donors (Lipinski definition) is 0. The average Bonchev–Trinajstić information content (AvgIpc) is 2.28. The molecule has 1 rings (SSSR count). The smallest absolute Gasteiger partial charge is 0.301 e. The Morgan fingerprint density at radius 3 is 2.36 bits per heavy atom. The molecule has 1 heterocycles. The van der Waals surface area contributed by atoms with Gasteiger partial charge < -0.3 is 4.90 Å². The number of hydrogen-bond acceptors (Lipinski definition) is 1. The molecule has 0 aliphatic carbocycles. The second-order valence-corrected chi connectivity index (χ2v) is 5.76. The topological polar surface area (TPSA) is 3.24 Å². The molecule has 0 bridgehead atoms. The predicted molar refractivity (Wildman–Crippen MR) is 53.6 cm³/mol. The lowest BCUT2D eigenvalue weighted by Gasteiger charge is -2.23. The largest absolute Gasteiger partial charge is 0.402 e. The Kier molecular flexibility index (Phi) is 3.52. The van der Waals surface area contributed by atoms with Gasteiger partial charge in [0.1, 0.15) is 4.83 Å². The molecular weight excluding hydrogens is 259 g/mol. The van der Waals surface area contributed by atoms with Gasteiger partial charge in [0.15, 0.2) is 0 Å². The second kappa shape index (κ2) is 4.00. The van der Waals surface area contributed by atoms with E-state index in [4.69, 9.17) is 0 Å². The molecule has 1 fully saturated rings. The lowest BCUT2D eigenvalue weighted by molar-refractivity contribution is -0.130. The van der Waals surface area contributed by atoms with Crippen molar-refractivity contribution in [2.24, 2.45) is 5.41 Å². The molecule has 1 aliphatic rings. The summed E-state index contributed by atoms with van der Waals surface area (Å²) >= 11 is 2.68. The van der Waals surface area contributed by atoms with Gasteiger partial charge in [0.05, 0.1) is 0 Å². The molecule has 0 radical (unpaired) electrons. The monoisotopic (exact) mass is 273 g/mol. The van der Waals surface area contributed by atoms with Gasteiger partial charge in [-0.15, -0.1) is 0 Å². The van der Waals surface area contributed by atoms with Crippen LogP contribution in [0.3, 0.4) is 0 Å². The third-order valence-electron chi connectivity index (χ3n) is 2.53. The van der Waals surface area contributed by atoms with Crippen molar-refractivity contribution in [1.82, 2.24) is 4.90 Å². The zero-order chi connectivity index (χ0) is 11.0. The van der Waals surface area contributed by atoms with Crippen LogP contribution in [0, 0.1) is 5.41 Å². The van der Waals surface area contributed by atoms with E-state index in [1.165, 1.54) is 0 Å². The quantitative estimate of drug-likeness (QED) is 0.699. The van der Waals surface area contributed by atoms with Gasteiger partial charge in [-0.25, -0.2) is 0 Å². The molecule has 0 aromatic heterocycles. The summed E-state index contributed by atoms with van der Waals surface area (Å²) in [4.78, 5) is 0.469. The van der Waals surface area contributed by atoms with E-state index in [1.54, 1.807) is 0 Å². The van der Waals surface area contributed by atoms with E-state index in [-0.39, 0.29) is 12.0 Å². The maximum atomic E-state index is 12.2. The molecule has 14 heavy (non-hydrogen) atoms. The van der Waals surface area contributed by atoms with Crippen LogP contribution in [0.4, 0.5) is 13.2 Å². The highest BCUT2D eigenvalue weighted by Crippen LogP contribution is 2.32. The van der Waals surface area contributed by atoms with E-state index in [0.29, 0.717) is 0 Å². The normalized spacial score (nSPS) is 25.3. The Morgan fingerprint density at radius 1 is 1.43 bits per heavy atom. The van der Waals surface area contributed by atoms with Gasteiger partial charge in [-0.1, -0.05) is 29.8 Å². The summed E-state index contributed by atoms with van der Waals surface area (Å²) < 4.78 is 36.7. The van der Waals surface area contributed by atoms with Crippen molar-refractivity contribution in [2.75, 3.05) is 19.6 Å². The van der Waals surface area contributed by atoms with Gasteiger partial charge in [-0.05, 0) is 18.4 Å². The first-order valence-corrected chi connectivity index (χ1v) is 5.55. The summed E-state index contributed by atoms with van der Waals surface area (Å²) in [6, 6.07) is 0. The third kappa shape index (κ3) is 3.42. The van der Waals surface area contributed by atoms with Crippen LogP contribution in [0.2, 0.25) is 0 Å². The van der Waals surface area contributed by atoms with Crippen molar-refractivity contribution in [1.29, 1.82) is 0 Å². The molecule has 0 N–H and O–H groups in total. The average molecular weight is 274 g/mol. The summed E-state index contributed by atoms with van der Waals surface area (Å²) in [5.74, 6) is 0. The molecule has 1 nitrogen and oxygen atoms in total. The molecule has 84 valence electrons.